The zero-order chi connectivity index (χ0) is 35.8. The molecule has 0 aliphatic carbocycles. The van der Waals surface area contributed by atoms with Gasteiger partial charge in [-0.1, -0.05) is 30.3 Å². The third kappa shape index (κ3) is 8.92. The molecule has 1 aliphatic heterocycles. The van der Waals surface area contributed by atoms with E-state index in [0.717, 1.165) is 32.9 Å². The predicted molar refractivity (Wildman–Crippen MR) is 178 cm³/mol. The summed E-state index contributed by atoms with van der Waals surface area (Å²) in [6.07, 6.45) is 0.168. The van der Waals surface area contributed by atoms with Gasteiger partial charge in [-0.3, -0.25) is 34.3 Å². The molecule has 0 amide bonds. The minimum Gasteiger partial charge on any atom is -0.297 e. The Labute approximate surface area is 284 Å². The van der Waals surface area contributed by atoms with Gasteiger partial charge in [-0.15, -0.1) is 0 Å². The molecule has 0 spiro atoms. The largest absolute Gasteiger partial charge is 0.408 e. The number of nitrogens with zero attached hydrogens (tertiary/aromatic N) is 6. The molecule has 2 heterocycles. The number of nitro benzene ring substituents is 2. The summed E-state index contributed by atoms with van der Waals surface area (Å²) in [4.78, 5) is 25.5. The van der Waals surface area contributed by atoms with E-state index in [-0.39, 0.29) is 65.3 Å². The van der Waals surface area contributed by atoms with Crippen LogP contribution in [0.5, 0.6) is 0 Å². The molecule has 20 heteroatoms. The van der Waals surface area contributed by atoms with Gasteiger partial charge in [-0.05, 0) is 38.1 Å². The Bertz CT molecular complexity index is 1800. The van der Waals surface area contributed by atoms with Gasteiger partial charge >= 0.3 is 7.75 Å². The van der Waals surface area contributed by atoms with Crippen molar-refractivity contribution in [1.29, 1.82) is 0 Å². The summed E-state index contributed by atoms with van der Waals surface area (Å²) in [5.41, 5.74) is -0.304. The summed E-state index contributed by atoms with van der Waals surface area (Å²) >= 11 is 0. The molecule has 1 aliphatic rings. The van der Waals surface area contributed by atoms with Crippen molar-refractivity contribution in [3.05, 3.63) is 98.3 Å². The van der Waals surface area contributed by atoms with Gasteiger partial charge in [0.05, 0.1) is 23.1 Å². The Morgan fingerprint density at radius 2 is 1.08 bits per heavy atom. The molecule has 0 saturated carbocycles. The Kier molecular flexibility index (Phi) is 12.7. The number of hydrogen-bond donors (Lipinski definition) is 0. The molecule has 0 fully saturated rings. The Hall–Kier alpha value is -3.68. The van der Waals surface area contributed by atoms with E-state index in [1.807, 2.05) is 0 Å². The van der Waals surface area contributed by atoms with Crippen LogP contribution in [-0.4, -0.2) is 97.4 Å². The van der Waals surface area contributed by atoms with Gasteiger partial charge in [0, 0.05) is 75.6 Å². The fraction of sp³-hybridized carbons (Fsp3) is 0.414. The SMILES string of the molecule is CCOP(=O)(OCC)N1CCN(S(=O)(=O)c2ccccc2[N+](=O)[O-])CCc2cccc(n2)CCN(S(=O)(=O)c2ccccc2[N+](=O)[O-])CC1. The molecule has 49 heavy (non-hydrogen) atoms. The van der Waals surface area contributed by atoms with Gasteiger partial charge in [0.15, 0.2) is 9.79 Å². The number of hydrogen-bond acceptors (Lipinski definition) is 12. The number of fused-ring (bicyclic) bond motifs is 2. The Morgan fingerprint density at radius 3 is 1.47 bits per heavy atom. The number of pyridine rings is 1. The molecule has 0 saturated heterocycles. The van der Waals surface area contributed by atoms with Crippen molar-refractivity contribution < 1.29 is 40.3 Å². The lowest BCUT2D eigenvalue weighted by Gasteiger charge is -2.33. The molecule has 3 aromatic rings. The molecular formula is C29H37N6O11PS2. The topological polar surface area (TPSA) is 213 Å². The maximum Gasteiger partial charge on any atom is 0.408 e. The number of para-hydroxylation sites is 2. The molecule has 0 radical (unpaired) electrons. The quantitative estimate of drug-likeness (QED) is 0.155. The van der Waals surface area contributed by atoms with Crippen LogP contribution < -0.4 is 0 Å². The zero-order valence-electron chi connectivity index (χ0n) is 26.9. The maximum absolute atomic E-state index is 14.1. The first-order valence-corrected chi connectivity index (χ1v) is 19.7. The minimum atomic E-state index is -4.52. The highest BCUT2D eigenvalue weighted by atomic mass is 32.2. The summed E-state index contributed by atoms with van der Waals surface area (Å²) < 4.78 is 84.6. The number of rotatable bonds is 11. The van der Waals surface area contributed by atoms with Crippen molar-refractivity contribution in [3.63, 3.8) is 0 Å². The standard InChI is InChI=1S/C29H37N6O11PS2/c1-3-45-47(40,46-4-2)31-20-22-32(48(41,42)28-14-7-5-12-26(28)34(36)37)18-16-24-10-9-11-25(30-24)17-19-33(23-21-31)49(43,44)29-15-8-6-13-27(29)35(38)39/h5-15H,3-4,16-23H2,1-2H3. The molecule has 266 valence electrons. The first kappa shape index (κ1) is 38.1. The summed E-state index contributed by atoms with van der Waals surface area (Å²) in [6.45, 7) is 1.42. The van der Waals surface area contributed by atoms with E-state index in [2.05, 4.69) is 4.98 Å². The van der Waals surface area contributed by atoms with Crippen LogP contribution in [0, 0.1) is 20.2 Å². The monoisotopic (exact) mass is 740 g/mol. The lowest BCUT2D eigenvalue weighted by atomic mass is 10.2. The number of nitro groups is 2. The summed E-state index contributed by atoms with van der Waals surface area (Å²) in [5.74, 6) is 0. The molecule has 0 N–H and O–H groups in total. The number of aromatic nitrogens is 1. The molecular weight excluding hydrogens is 703 g/mol. The molecule has 1 aromatic heterocycles. The summed E-state index contributed by atoms with van der Waals surface area (Å²) in [7, 11) is -13.2. The lowest BCUT2D eigenvalue weighted by Crippen LogP contribution is -2.43. The van der Waals surface area contributed by atoms with E-state index in [1.54, 1.807) is 32.0 Å². The van der Waals surface area contributed by atoms with Crippen LogP contribution in [0.4, 0.5) is 11.4 Å². The van der Waals surface area contributed by atoms with Gasteiger partial charge in [-0.2, -0.15) is 8.61 Å². The highest BCUT2D eigenvalue weighted by Gasteiger charge is 2.38. The molecule has 17 nitrogen and oxygen atoms in total. The first-order chi connectivity index (χ1) is 23.2. The van der Waals surface area contributed by atoms with Crippen LogP contribution in [0.1, 0.15) is 25.2 Å². The number of sulfonamides is 2. The Balaban J connectivity index is 1.82. The predicted octanol–water partition coefficient (Wildman–Crippen LogP) is 3.86. The smallest absolute Gasteiger partial charge is 0.297 e. The highest BCUT2D eigenvalue weighted by Crippen LogP contribution is 2.51. The van der Waals surface area contributed by atoms with Crippen LogP contribution in [0.25, 0.3) is 0 Å². The third-order valence-corrected chi connectivity index (χ3v) is 13.8. The van der Waals surface area contributed by atoms with E-state index in [0.29, 0.717) is 11.4 Å². The average molecular weight is 741 g/mol. The summed E-state index contributed by atoms with van der Waals surface area (Å²) in [5, 5.41) is 23.6. The van der Waals surface area contributed by atoms with Gasteiger partial charge in [-0.25, -0.2) is 26.1 Å². The first-order valence-electron chi connectivity index (χ1n) is 15.3. The van der Waals surface area contributed by atoms with E-state index in [1.165, 1.54) is 28.9 Å². The van der Waals surface area contributed by atoms with Crippen molar-refractivity contribution in [3.8, 4) is 0 Å². The van der Waals surface area contributed by atoms with Crippen LogP contribution in [-0.2, 0) is 46.5 Å². The second-order valence-corrected chi connectivity index (χ2v) is 16.5. The van der Waals surface area contributed by atoms with Gasteiger partial charge in [0.2, 0.25) is 20.0 Å². The van der Waals surface area contributed by atoms with Crippen LogP contribution in [0.15, 0.2) is 76.5 Å². The third-order valence-electron chi connectivity index (χ3n) is 7.60. The van der Waals surface area contributed by atoms with Crippen molar-refractivity contribution in [2.24, 2.45) is 0 Å². The second-order valence-electron chi connectivity index (χ2n) is 10.6. The molecule has 2 aromatic carbocycles. The maximum atomic E-state index is 14.1. The normalized spacial score (nSPS) is 16.5. The Morgan fingerprint density at radius 1 is 0.673 bits per heavy atom. The fourth-order valence-corrected chi connectivity index (χ4v) is 10.2. The van der Waals surface area contributed by atoms with E-state index < -0.39 is 58.8 Å². The van der Waals surface area contributed by atoms with Gasteiger partial charge in [0.1, 0.15) is 0 Å². The molecule has 2 bridgehead atoms. The number of benzene rings is 2. The average Bonchev–Trinajstić information content (AvgIpc) is 3.06. The van der Waals surface area contributed by atoms with Crippen molar-refractivity contribution in [2.45, 2.75) is 36.5 Å². The minimum absolute atomic E-state index is 0.0649. The lowest BCUT2D eigenvalue weighted by molar-refractivity contribution is -0.388. The van der Waals surface area contributed by atoms with Crippen LogP contribution in [0.2, 0.25) is 0 Å². The van der Waals surface area contributed by atoms with E-state index in [9.17, 15) is 41.6 Å². The van der Waals surface area contributed by atoms with Crippen molar-refractivity contribution in [2.75, 3.05) is 52.5 Å². The highest BCUT2D eigenvalue weighted by molar-refractivity contribution is 7.89. The van der Waals surface area contributed by atoms with Crippen LogP contribution in [0.3, 0.4) is 0 Å². The molecule has 0 unspecified atom stereocenters. The molecule has 0 atom stereocenters. The van der Waals surface area contributed by atoms with E-state index >= 15 is 0 Å². The van der Waals surface area contributed by atoms with Crippen molar-refractivity contribution in [1.82, 2.24) is 18.3 Å². The van der Waals surface area contributed by atoms with Crippen LogP contribution >= 0.6 is 7.75 Å². The second kappa shape index (κ2) is 16.4. The van der Waals surface area contributed by atoms with E-state index in [4.69, 9.17) is 9.05 Å². The molecule has 4 rings (SSSR count). The summed E-state index contributed by atoms with van der Waals surface area (Å²) in [6, 6.07) is 14.9. The van der Waals surface area contributed by atoms with Gasteiger partial charge in [0.25, 0.3) is 11.4 Å². The van der Waals surface area contributed by atoms with Gasteiger partial charge < -0.3 is 0 Å². The van der Waals surface area contributed by atoms with Crippen molar-refractivity contribution >= 4 is 39.2 Å². The fourth-order valence-electron chi connectivity index (χ4n) is 5.26. The zero-order valence-corrected chi connectivity index (χ0v) is 29.4.